The zero-order chi connectivity index (χ0) is 12.4. The molecule has 18 heavy (non-hydrogen) atoms. The fraction of sp³-hybridized carbons (Fsp3) is 0.188. The number of fused-ring (bicyclic) bond motifs is 1. The highest BCUT2D eigenvalue weighted by molar-refractivity contribution is 5.85. The summed E-state index contributed by atoms with van der Waals surface area (Å²) in [4.78, 5) is 7.43. The second-order valence-corrected chi connectivity index (χ2v) is 4.67. The number of para-hydroxylation sites is 1. The van der Waals surface area contributed by atoms with E-state index in [1.807, 2.05) is 12.4 Å². The Bertz CT molecular complexity index is 653. The van der Waals surface area contributed by atoms with Gasteiger partial charge in [0.1, 0.15) is 0 Å². The first-order valence-electron chi connectivity index (χ1n) is 6.29. The van der Waals surface area contributed by atoms with Gasteiger partial charge in [-0.25, -0.2) is 0 Å². The molecular weight excluding hydrogens is 220 g/mol. The number of benzene rings is 1. The van der Waals surface area contributed by atoms with Crippen LogP contribution in [0.3, 0.4) is 0 Å². The molecule has 2 nitrogen and oxygen atoms in total. The van der Waals surface area contributed by atoms with E-state index in [4.69, 9.17) is 0 Å². The molecule has 0 fully saturated rings. The van der Waals surface area contributed by atoms with E-state index in [1.165, 1.54) is 27.6 Å². The first-order valence-corrected chi connectivity index (χ1v) is 6.29. The maximum atomic E-state index is 4.05. The van der Waals surface area contributed by atoms with Gasteiger partial charge in [-0.1, -0.05) is 18.2 Å². The monoisotopic (exact) mass is 236 g/mol. The molecule has 2 heterocycles. The lowest BCUT2D eigenvalue weighted by Crippen LogP contribution is -1.90. The second kappa shape index (κ2) is 4.65. The molecule has 0 spiro atoms. The fourth-order valence-electron chi connectivity index (χ4n) is 2.40. The lowest BCUT2D eigenvalue weighted by molar-refractivity contribution is 0.963. The van der Waals surface area contributed by atoms with Gasteiger partial charge in [-0.3, -0.25) is 4.98 Å². The molecule has 0 bridgehead atoms. The van der Waals surface area contributed by atoms with Crippen LogP contribution in [-0.4, -0.2) is 9.97 Å². The van der Waals surface area contributed by atoms with Crippen LogP contribution in [-0.2, 0) is 12.8 Å². The van der Waals surface area contributed by atoms with Gasteiger partial charge in [0.25, 0.3) is 0 Å². The zero-order valence-corrected chi connectivity index (χ0v) is 10.5. The molecule has 1 N–H and O–H groups in total. The Morgan fingerprint density at radius 1 is 1.06 bits per heavy atom. The molecule has 3 rings (SSSR count). The molecule has 2 aromatic heterocycles. The average molecular weight is 236 g/mol. The number of aryl methyl sites for hydroxylation is 3. The van der Waals surface area contributed by atoms with Crippen molar-refractivity contribution in [3.05, 3.63) is 65.6 Å². The summed E-state index contributed by atoms with van der Waals surface area (Å²) in [5, 5.41) is 1.35. The van der Waals surface area contributed by atoms with Crippen LogP contribution in [0.25, 0.3) is 10.9 Å². The van der Waals surface area contributed by atoms with Crippen LogP contribution < -0.4 is 0 Å². The molecule has 90 valence electrons. The summed E-state index contributed by atoms with van der Waals surface area (Å²) >= 11 is 0. The van der Waals surface area contributed by atoms with Gasteiger partial charge in [0.05, 0.1) is 0 Å². The number of nitrogens with zero attached hydrogens (tertiary/aromatic N) is 1. The van der Waals surface area contributed by atoms with Crippen molar-refractivity contribution in [1.29, 1.82) is 0 Å². The second-order valence-electron chi connectivity index (χ2n) is 4.67. The minimum atomic E-state index is 1.06. The Hall–Kier alpha value is -2.09. The summed E-state index contributed by atoms with van der Waals surface area (Å²) in [6, 6.07) is 10.6. The Morgan fingerprint density at radius 3 is 2.72 bits per heavy atom. The fourth-order valence-corrected chi connectivity index (χ4v) is 2.40. The molecule has 0 radical (unpaired) electrons. The van der Waals surface area contributed by atoms with Gasteiger partial charge in [0.2, 0.25) is 0 Å². The highest BCUT2D eigenvalue weighted by Crippen LogP contribution is 2.22. The molecule has 0 aliphatic heterocycles. The number of aromatic nitrogens is 2. The quantitative estimate of drug-likeness (QED) is 0.738. The number of H-pyrrole nitrogens is 1. The van der Waals surface area contributed by atoms with Crippen LogP contribution in [0, 0.1) is 6.92 Å². The summed E-state index contributed by atoms with van der Waals surface area (Å²) in [5.41, 5.74) is 5.31. The van der Waals surface area contributed by atoms with Crippen LogP contribution in [0.2, 0.25) is 0 Å². The van der Waals surface area contributed by atoms with Gasteiger partial charge in [0, 0.05) is 29.5 Å². The molecule has 0 aliphatic rings. The number of hydrogen-bond donors (Lipinski definition) is 1. The van der Waals surface area contributed by atoms with Crippen molar-refractivity contribution in [1.82, 2.24) is 9.97 Å². The summed E-state index contributed by atoms with van der Waals surface area (Å²) in [7, 11) is 0. The minimum Gasteiger partial charge on any atom is -0.361 e. The first kappa shape index (κ1) is 11.0. The molecule has 0 atom stereocenters. The van der Waals surface area contributed by atoms with Gasteiger partial charge in [0.15, 0.2) is 0 Å². The zero-order valence-electron chi connectivity index (χ0n) is 10.5. The van der Waals surface area contributed by atoms with E-state index in [1.54, 1.807) is 0 Å². The summed E-state index contributed by atoms with van der Waals surface area (Å²) in [5.74, 6) is 0. The largest absolute Gasteiger partial charge is 0.361 e. The van der Waals surface area contributed by atoms with Crippen molar-refractivity contribution >= 4 is 10.9 Å². The lowest BCUT2D eigenvalue weighted by atomic mass is 10.0. The smallest absolute Gasteiger partial charge is 0.0486 e. The van der Waals surface area contributed by atoms with Gasteiger partial charge in [-0.15, -0.1) is 0 Å². The van der Waals surface area contributed by atoms with E-state index < -0.39 is 0 Å². The number of nitrogens with one attached hydrogen (secondary N) is 1. The Labute approximate surface area is 107 Å². The molecule has 1 aromatic carbocycles. The SMILES string of the molecule is Cc1cccc2c(CCc3ccncc3)c[nH]c12. The predicted molar refractivity (Wildman–Crippen MR) is 74.7 cm³/mol. The van der Waals surface area contributed by atoms with E-state index in [2.05, 4.69) is 53.4 Å². The predicted octanol–water partition coefficient (Wildman–Crippen LogP) is 3.66. The van der Waals surface area contributed by atoms with Gasteiger partial charge in [-0.2, -0.15) is 0 Å². The lowest BCUT2D eigenvalue weighted by Gasteiger charge is -2.01. The van der Waals surface area contributed by atoms with Crippen LogP contribution in [0.5, 0.6) is 0 Å². The van der Waals surface area contributed by atoms with Crippen LogP contribution >= 0.6 is 0 Å². The van der Waals surface area contributed by atoms with E-state index in [9.17, 15) is 0 Å². The third-order valence-electron chi connectivity index (χ3n) is 3.44. The first-order chi connectivity index (χ1) is 8.84. The number of rotatable bonds is 3. The van der Waals surface area contributed by atoms with Crippen molar-refractivity contribution < 1.29 is 0 Å². The summed E-state index contributed by atoms with van der Waals surface area (Å²) in [6.07, 6.45) is 7.97. The molecule has 2 heteroatoms. The van der Waals surface area contributed by atoms with Gasteiger partial charge in [-0.05, 0) is 48.6 Å². The van der Waals surface area contributed by atoms with Crippen LogP contribution in [0.15, 0.2) is 48.9 Å². The van der Waals surface area contributed by atoms with Gasteiger partial charge < -0.3 is 4.98 Å². The number of aromatic amines is 1. The maximum absolute atomic E-state index is 4.05. The summed E-state index contributed by atoms with van der Waals surface area (Å²) in [6.45, 7) is 2.14. The highest BCUT2D eigenvalue weighted by atomic mass is 14.7. The van der Waals surface area contributed by atoms with E-state index in [0.29, 0.717) is 0 Å². The highest BCUT2D eigenvalue weighted by Gasteiger charge is 2.05. The average Bonchev–Trinajstić information content (AvgIpc) is 2.82. The molecule has 0 amide bonds. The van der Waals surface area contributed by atoms with Crippen LogP contribution in [0.1, 0.15) is 16.7 Å². The van der Waals surface area contributed by atoms with Crippen molar-refractivity contribution in [3.8, 4) is 0 Å². The topological polar surface area (TPSA) is 28.7 Å². The Morgan fingerprint density at radius 2 is 1.89 bits per heavy atom. The minimum absolute atomic E-state index is 1.06. The standard InChI is InChI=1S/C16H16N2/c1-12-3-2-4-15-14(11-18-16(12)15)6-5-13-7-9-17-10-8-13/h2-4,7-11,18H,5-6H2,1H3. The molecule has 0 aliphatic carbocycles. The summed E-state index contributed by atoms with van der Waals surface area (Å²) < 4.78 is 0. The molecular formula is C16H16N2. The van der Waals surface area contributed by atoms with Crippen molar-refractivity contribution in [2.75, 3.05) is 0 Å². The third-order valence-corrected chi connectivity index (χ3v) is 3.44. The Kier molecular flexibility index (Phi) is 2.85. The van der Waals surface area contributed by atoms with Crippen LogP contribution in [0.4, 0.5) is 0 Å². The van der Waals surface area contributed by atoms with E-state index in [-0.39, 0.29) is 0 Å². The number of pyridine rings is 1. The van der Waals surface area contributed by atoms with Crippen molar-refractivity contribution in [2.24, 2.45) is 0 Å². The molecule has 0 saturated heterocycles. The van der Waals surface area contributed by atoms with Crippen molar-refractivity contribution in [2.45, 2.75) is 19.8 Å². The molecule has 0 saturated carbocycles. The molecule has 3 aromatic rings. The molecule has 0 unspecified atom stereocenters. The van der Waals surface area contributed by atoms with E-state index >= 15 is 0 Å². The Balaban J connectivity index is 1.85. The third kappa shape index (κ3) is 2.02. The van der Waals surface area contributed by atoms with E-state index in [0.717, 1.165) is 12.8 Å². The number of hydrogen-bond acceptors (Lipinski definition) is 1. The van der Waals surface area contributed by atoms with Gasteiger partial charge >= 0.3 is 0 Å². The van der Waals surface area contributed by atoms with Crippen molar-refractivity contribution in [3.63, 3.8) is 0 Å². The maximum Gasteiger partial charge on any atom is 0.0486 e. The normalized spacial score (nSPS) is 10.9.